The standard InChI is InChI=1S/C25H25N3O3S/c1-3-26(20-11-7-8-18(2)16-20)22(29)17-28-21-13-15-32-23(21)24(30)27(25(28)31)14-12-19-9-5-4-6-10-19/h4-11,13,15-16H,3,12,14,17H2,1-2H3. The van der Waals surface area contributed by atoms with Gasteiger partial charge in [-0.3, -0.25) is 18.7 Å². The van der Waals surface area contributed by atoms with Gasteiger partial charge in [-0.1, -0.05) is 42.5 Å². The van der Waals surface area contributed by atoms with Gasteiger partial charge in [0.2, 0.25) is 5.91 Å². The van der Waals surface area contributed by atoms with Crippen molar-refractivity contribution in [3.05, 3.63) is 98.0 Å². The molecule has 0 aliphatic rings. The number of anilines is 1. The van der Waals surface area contributed by atoms with Gasteiger partial charge >= 0.3 is 5.69 Å². The average molecular weight is 448 g/mol. The van der Waals surface area contributed by atoms with Crippen LogP contribution < -0.4 is 16.1 Å². The van der Waals surface area contributed by atoms with Crippen molar-refractivity contribution in [1.29, 1.82) is 0 Å². The first-order valence-corrected chi connectivity index (χ1v) is 11.5. The van der Waals surface area contributed by atoms with Gasteiger partial charge in [-0.05, 0) is 55.0 Å². The van der Waals surface area contributed by atoms with Crippen molar-refractivity contribution in [3.8, 4) is 0 Å². The highest BCUT2D eigenvalue weighted by Crippen LogP contribution is 2.18. The molecule has 7 heteroatoms. The topological polar surface area (TPSA) is 64.3 Å². The second kappa shape index (κ2) is 9.36. The molecule has 4 aromatic rings. The molecule has 0 radical (unpaired) electrons. The summed E-state index contributed by atoms with van der Waals surface area (Å²) in [7, 11) is 0. The lowest BCUT2D eigenvalue weighted by atomic mass is 10.1. The van der Waals surface area contributed by atoms with Crippen LogP contribution in [-0.2, 0) is 24.3 Å². The maximum Gasteiger partial charge on any atom is 0.332 e. The van der Waals surface area contributed by atoms with Crippen LogP contribution in [0.3, 0.4) is 0 Å². The maximum absolute atomic E-state index is 13.3. The summed E-state index contributed by atoms with van der Waals surface area (Å²) in [4.78, 5) is 41.2. The number of hydrogen-bond donors (Lipinski definition) is 0. The maximum atomic E-state index is 13.3. The fourth-order valence-electron chi connectivity index (χ4n) is 3.89. The molecule has 0 aliphatic heterocycles. The third kappa shape index (κ3) is 4.29. The fraction of sp³-hybridized carbons (Fsp3) is 0.240. The molecule has 6 nitrogen and oxygen atoms in total. The molecule has 0 N–H and O–H groups in total. The van der Waals surface area contributed by atoms with Crippen LogP contribution in [0.15, 0.2) is 75.6 Å². The van der Waals surface area contributed by atoms with Crippen molar-refractivity contribution in [2.45, 2.75) is 33.4 Å². The van der Waals surface area contributed by atoms with Gasteiger partial charge in [0.15, 0.2) is 0 Å². The fourth-order valence-corrected chi connectivity index (χ4v) is 4.73. The average Bonchev–Trinajstić information content (AvgIpc) is 3.28. The monoisotopic (exact) mass is 447 g/mol. The summed E-state index contributed by atoms with van der Waals surface area (Å²) in [6.07, 6.45) is 0.561. The van der Waals surface area contributed by atoms with Crippen molar-refractivity contribution < 1.29 is 4.79 Å². The molecule has 0 unspecified atom stereocenters. The van der Waals surface area contributed by atoms with E-state index >= 15 is 0 Å². The van der Waals surface area contributed by atoms with Gasteiger partial charge in [-0.2, -0.15) is 0 Å². The van der Waals surface area contributed by atoms with Crippen molar-refractivity contribution >= 4 is 33.1 Å². The first-order chi connectivity index (χ1) is 15.5. The van der Waals surface area contributed by atoms with E-state index in [-0.39, 0.29) is 24.6 Å². The molecular formula is C25H25N3O3S. The van der Waals surface area contributed by atoms with Crippen LogP contribution in [0.1, 0.15) is 18.1 Å². The van der Waals surface area contributed by atoms with Crippen molar-refractivity contribution in [2.24, 2.45) is 0 Å². The molecule has 2 aromatic heterocycles. The molecule has 0 aliphatic carbocycles. The molecule has 0 atom stereocenters. The quantitative estimate of drug-likeness (QED) is 0.433. The number of fused-ring (bicyclic) bond motifs is 1. The lowest BCUT2D eigenvalue weighted by Gasteiger charge is -2.22. The van der Waals surface area contributed by atoms with Crippen LogP contribution >= 0.6 is 11.3 Å². The van der Waals surface area contributed by atoms with E-state index in [4.69, 9.17) is 0 Å². The first kappa shape index (κ1) is 21.8. The smallest absolute Gasteiger partial charge is 0.311 e. The van der Waals surface area contributed by atoms with Crippen molar-refractivity contribution in [3.63, 3.8) is 0 Å². The third-order valence-electron chi connectivity index (χ3n) is 5.53. The van der Waals surface area contributed by atoms with Crippen molar-refractivity contribution in [1.82, 2.24) is 9.13 Å². The van der Waals surface area contributed by atoms with Gasteiger partial charge in [0.1, 0.15) is 11.2 Å². The highest BCUT2D eigenvalue weighted by molar-refractivity contribution is 7.17. The van der Waals surface area contributed by atoms with E-state index in [9.17, 15) is 14.4 Å². The normalized spacial score (nSPS) is 11.1. The van der Waals surface area contributed by atoms with Crippen LogP contribution in [0.2, 0.25) is 0 Å². The van der Waals surface area contributed by atoms with Crippen molar-refractivity contribution in [2.75, 3.05) is 11.4 Å². The molecule has 32 heavy (non-hydrogen) atoms. The van der Waals surface area contributed by atoms with Gasteiger partial charge in [-0.25, -0.2) is 4.79 Å². The molecule has 0 saturated carbocycles. The largest absolute Gasteiger partial charge is 0.332 e. The lowest BCUT2D eigenvalue weighted by molar-refractivity contribution is -0.119. The molecule has 4 rings (SSSR count). The predicted octanol–water partition coefficient (Wildman–Crippen LogP) is 3.83. The Morgan fingerprint density at radius 2 is 1.78 bits per heavy atom. The molecule has 2 aromatic carbocycles. The SMILES string of the molecule is CCN(C(=O)Cn1c(=O)n(CCc2ccccc2)c(=O)c2sccc21)c1cccc(C)c1. The second-order valence-corrected chi connectivity index (χ2v) is 8.59. The number of thiophene rings is 1. The predicted molar refractivity (Wildman–Crippen MR) is 130 cm³/mol. The van der Waals surface area contributed by atoms with E-state index in [1.54, 1.807) is 16.3 Å². The minimum Gasteiger partial charge on any atom is -0.311 e. The van der Waals surface area contributed by atoms with Crippen LogP contribution in [-0.4, -0.2) is 21.6 Å². The van der Waals surface area contributed by atoms with Gasteiger partial charge in [0.25, 0.3) is 5.56 Å². The molecular weight excluding hydrogens is 422 g/mol. The number of aromatic nitrogens is 2. The summed E-state index contributed by atoms with van der Waals surface area (Å²) in [6.45, 7) is 4.50. The molecule has 0 spiro atoms. The lowest BCUT2D eigenvalue weighted by Crippen LogP contribution is -2.43. The molecule has 2 heterocycles. The Morgan fingerprint density at radius 3 is 2.50 bits per heavy atom. The zero-order valence-corrected chi connectivity index (χ0v) is 19.0. The summed E-state index contributed by atoms with van der Waals surface area (Å²) < 4.78 is 3.17. The number of rotatable bonds is 7. The first-order valence-electron chi connectivity index (χ1n) is 10.6. The number of aryl methyl sites for hydroxylation is 2. The van der Waals surface area contributed by atoms with E-state index in [2.05, 4.69) is 0 Å². The number of nitrogens with zero attached hydrogens (tertiary/aromatic N) is 3. The minimum absolute atomic E-state index is 0.126. The van der Waals surface area contributed by atoms with Gasteiger partial charge in [0.05, 0.1) is 5.52 Å². The van der Waals surface area contributed by atoms with E-state index < -0.39 is 5.69 Å². The Bertz CT molecular complexity index is 1370. The highest BCUT2D eigenvalue weighted by atomic mass is 32.1. The van der Waals surface area contributed by atoms with Gasteiger partial charge in [0, 0.05) is 18.8 Å². The van der Waals surface area contributed by atoms with E-state index in [0.717, 1.165) is 16.8 Å². The Hall–Kier alpha value is -3.45. The van der Waals surface area contributed by atoms with Gasteiger partial charge < -0.3 is 4.90 Å². The van der Waals surface area contributed by atoms with Crippen LogP contribution in [0.5, 0.6) is 0 Å². The Morgan fingerprint density at radius 1 is 1.00 bits per heavy atom. The summed E-state index contributed by atoms with van der Waals surface area (Å²) in [6, 6.07) is 19.2. The summed E-state index contributed by atoms with van der Waals surface area (Å²) in [5, 5.41) is 1.78. The number of amides is 1. The number of likely N-dealkylation sites (N-methyl/N-ethyl adjacent to an activating group) is 1. The number of carbonyl (C=O) groups excluding carboxylic acids is 1. The minimum atomic E-state index is -0.453. The molecule has 0 bridgehead atoms. The summed E-state index contributed by atoms with van der Waals surface area (Å²) in [5.41, 5.74) is 2.65. The zero-order valence-electron chi connectivity index (χ0n) is 18.2. The molecule has 0 fully saturated rings. The third-order valence-corrected chi connectivity index (χ3v) is 6.42. The van der Waals surface area contributed by atoms with Gasteiger partial charge in [-0.15, -0.1) is 11.3 Å². The Balaban J connectivity index is 1.70. The Labute approximate surface area is 190 Å². The molecule has 0 saturated heterocycles. The van der Waals surface area contributed by atoms with Crippen LogP contribution in [0.25, 0.3) is 10.2 Å². The van der Waals surface area contributed by atoms with Crippen LogP contribution in [0, 0.1) is 6.92 Å². The van der Waals surface area contributed by atoms with E-state index in [0.29, 0.717) is 23.2 Å². The number of carbonyl (C=O) groups is 1. The Kier molecular flexibility index (Phi) is 6.37. The van der Waals surface area contributed by atoms with E-state index in [1.165, 1.54) is 20.5 Å². The number of benzene rings is 2. The highest BCUT2D eigenvalue weighted by Gasteiger charge is 2.20. The second-order valence-electron chi connectivity index (χ2n) is 7.67. The van der Waals surface area contributed by atoms with E-state index in [1.807, 2.05) is 68.4 Å². The zero-order chi connectivity index (χ0) is 22.7. The number of hydrogen-bond acceptors (Lipinski definition) is 4. The van der Waals surface area contributed by atoms with Crippen LogP contribution in [0.4, 0.5) is 5.69 Å². The molecule has 1 amide bonds. The summed E-state index contributed by atoms with van der Waals surface area (Å²) >= 11 is 1.29. The molecule has 164 valence electrons. The summed E-state index contributed by atoms with van der Waals surface area (Å²) in [5.74, 6) is -0.194.